The lowest BCUT2D eigenvalue weighted by Crippen LogP contribution is -2.36. The van der Waals surface area contributed by atoms with Gasteiger partial charge in [0.1, 0.15) is 0 Å². The van der Waals surface area contributed by atoms with Crippen LogP contribution in [-0.2, 0) is 0 Å². The molecule has 0 spiro atoms. The number of fused-ring (bicyclic) bond motifs is 1. The first-order chi connectivity index (χ1) is 9.24. The molecular formula is C15H17N3O. The van der Waals surface area contributed by atoms with Gasteiger partial charge in [0.15, 0.2) is 0 Å². The minimum atomic E-state index is -0.0302. The number of hydrogen-bond acceptors (Lipinski definition) is 3. The molecule has 3 rings (SSSR count). The number of amides is 1. The number of pyridine rings is 1. The van der Waals surface area contributed by atoms with E-state index in [0.29, 0.717) is 5.56 Å². The molecule has 1 atom stereocenters. The van der Waals surface area contributed by atoms with Crippen LogP contribution >= 0.6 is 0 Å². The summed E-state index contributed by atoms with van der Waals surface area (Å²) in [4.78, 5) is 16.8. The van der Waals surface area contributed by atoms with E-state index in [1.54, 1.807) is 0 Å². The number of aryl methyl sites for hydroxylation is 1. The lowest BCUT2D eigenvalue weighted by Gasteiger charge is -2.12. The topological polar surface area (TPSA) is 54.0 Å². The van der Waals surface area contributed by atoms with E-state index >= 15 is 0 Å². The molecule has 0 saturated carbocycles. The Kier molecular flexibility index (Phi) is 3.17. The molecule has 2 heterocycles. The maximum absolute atomic E-state index is 12.3. The molecule has 1 fully saturated rings. The fraction of sp³-hybridized carbons (Fsp3) is 0.333. The highest BCUT2D eigenvalue weighted by atomic mass is 16.1. The van der Waals surface area contributed by atoms with Gasteiger partial charge in [-0.3, -0.25) is 9.78 Å². The number of para-hydroxylation sites is 1. The van der Waals surface area contributed by atoms with Crippen molar-refractivity contribution in [3.8, 4) is 0 Å². The van der Waals surface area contributed by atoms with Crippen LogP contribution in [0.3, 0.4) is 0 Å². The molecule has 1 aromatic heterocycles. The van der Waals surface area contributed by atoms with Crippen molar-refractivity contribution in [2.75, 3.05) is 13.1 Å². The lowest BCUT2D eigenvalue weighted by molar-refractivity contribution is 0.0941. The fourth-order valence-electron chi connectivity index (χ4n) is 2.47. The van der Waals surface area contributed by atoms with E-state index in [1.807, 2.05) is 37.3 Å². The number of aromatic nitrogens is 1. The Morgan fingerprint density at radius 1 is 1.37 bits per heavy atom. The van der Waals surface area contributed by atoms with Crippen LogP contribution in [0.2, 0.25) is 0 Å². The molecule has 98 valence electrons. The summed E-state index contributed by atoms with van der Waals surface area (Å²) in [7, 11) is 0. The zero-order valence-electron chi connectivity index (χ0n) is 10.9. The highest BCUT2D eigenvalue weighted by molar-refractivity contribution is 6.05. The van der Waals surface area contributed by atoms with E-state index in [2.05, 4.69) is 15.6 Å². The summed E-state index contributed by atoms with van der Waals surface area (Å²) >= 11 is 0. The van der Waals surface area contributed by atoms with Crippen LogP contribution in [0.15, 0.2) is 30.3 Å². The van der Waals surface area contributed by atoms with E-state index < -0.39 is 0 Å². The van der Waals surface area contributed by atoms with Crippen LogP contribution in [-0.4, -0.2) is 30.0 Å². The number of rotatable bonds is 2. The number of nitrogens with one attached hydrogen (secondary N) is 2. The number of hydrogen-bond donors (Lipinski definition) is 2. The maximum atomic E-state index is 12.3. The maximum Gasteiger partial charge on any atom is 0.253 e. The summed E-state index contributed by atoms with van der Waals surface area (Å²) in [5.74, 6) is -0.0302. The molecule has 19 heavy (non-hydrogen) atoms. The fourth-order valence-corrected chi connectivity index (χ4v) is 2.47. The second kappa shape index (κ2) is 4.97. The van der Waals surface area contributed by atoms with Crippen LogP contribution in [0.4, 0.5) is 0 Å². The highest BCUT2D eigenvalue weighted by Gasteiger charge is 2.19. The predicted octanol–water partition coefficient (Wildman–Crippen LogP) is 1.63. The van der Waals surface area contributed by atoms with Crippen molar-refractivity contribution in [2.24, 2.45) is 0 Å². The van der Waals surface area contributed by atoms with E-state index in [1.165, 1.54) is 0 Å². The molecule has 0 aliphatic carbocycles. The highest BCUT2D eigenvalue weighted by Crippen LogP contribution is 2.17. The average Bonchev–Trinajstić information content (AvgIpc) is 2.90. The summed E-state index contributed by atoms with van der Waals surface area (Å²) in [5.41, 5.74) is 2.37. The molecule has 1 unspecified atom stereocenters. The Labute approximate surface area is 112 Å². The third-order valence-electron chi connectivity index (χ3n) is 3.50. The van der Waals surface area contributed by atoms with E-state index in [9.17, 15) is 4.79 Å². The summed E-state index contributed by atoms with van der Waals surface area (Å²) in [6, 6.07) is 9.92. The lowest BCUT2D eigenvalue weighted by atomic mass is 10.1. The van der Waals surface area contributed by atoms with Crippen molar-refractivity contribution < 1.29 is 4.79 Å². The third-order valence-corrected chi connectivity index (χ3v) is 3.50. The van der Waals surface area contributed by atoms with Gasteiger partial charge in [0.2, 0.25) is 0 Å². The molecule has 4 nitrogen and oxygen atoms in total. The summed E-state index contributed by atoms with van der Waals surface area (Å²) in [6.07, 6.45) is 0.989. The second-order valence-corrected chi connectivity index (χ2v) is 4.99. The van der Waals surface area contributed by atoms with Crippen molar-refractivity contribution in [1.82, 2.24) is 15.6 Å². The normalized spacial score (nSPS) is 18.7. The molecular weight excluding hydrogens is 238 g/mol. The first-order valence-corrected chi connectivity index (χ1v) is 6.62. The molecule has 2 N–H and O–H groups in total. The largest absolute Gasteiger partial charge is 0.348 e. The summed E-state index contributed by atoms with van der Waals surface area (Å²) < 4.78 is 0. The molecule has 4 heteroatoms. The smallest absolute Gasteiger partial charge is 0.253 e. The molecule has 0 radical (unpaired) electrons. The van der Waals surface area contributed by atoms with Crippen LogP contribution in [0.25, 0.3) is 10.9 Å². The standard InChI is InChI=1S/C15H17N3O/c1-10-5-6-11-3-2-4-13(14(11)17-10)15(19)18-12-7-8-16-9-12/h2-6,12,16H,7-9H2,1H3,(H,18,19). The van der Waals surface area contributed by atoms with Crippen molar-refractivity contribution >= 4 is 16.8 Å². The van der Waals surface area contributed by atoms with Gasteiger partial charge in [-0.2, -0.15) is 0 Å². The third kappa shape index (κ3) is 2.44. The van der Waals surface area contributed by atoms with Gasteiger partial charge in [0.25, 0.3) is 5.91 Å². The zero-order chi connectivity index (χ0) is 13.2. The van der Waals surface area contributed by atoms with Gasteiger partial charge in [-0.15, -0.1) is 0 Å². The molecule has 1 aliphatic heterocycles. The van der Waals surface area contributed by atoms with Crippen LogP contribution < -0.4 is 10.6 Å². The van der Waals surface area contributed by atoms with E-state index in [-0.39, 0.29) is 11.9 Å². The van der Waals surface area contributed by atoms with Crippen molar-refractivity contribution in [3.05, 3.63) is 41.6 Å². The van der Waals surface area contributed by atoms with E-state index in [0.717, 1.165) is 36.1 Å². The van der Waals surface area contributed by atoms with Gasteiger partial charge in [-0.25, -0.2) is 0 Å². The quantitative estimate of drug-likeness (QED) is 0.857. The zero-order valence-corrected chi connectivity index (χ0v) is 10.9. The second-order valence-electron chi connectivity index (χ2n) is 4.99. The molecule has 2 aromatic rings. The van der Waals surface area contributed by atoms with Crippen LogP contribution in [0.5, 0.6) is 0 Å². The molecule has 1 aliphatic rings. The number of carbonyl (C=O) groups is 1. The Hall–Kier alpha value is -1.94. The number of carbonyl (C=O) groups excluding carboxylic acids is 1. The summed E-state index contributed by atoms with van der Waals surface area (Å²) in [6.45, 7) is 3.76. The number of nitrogens with zero attached hydrogens (tertiary/aromatic N) is 1. The van der Waals surface area contributed by atoms with Gasteiger partial charge in [0, 0.05) is 23.7 Å². The van der Waals surface area contributed by atoms with Crippen molar-refractivity contribution in [1.29, 1.82) is 0 Å². The van der Waals surface area contributed by atoms with Gasteiger partial charge in [-0.1, -0.05) is 18.2 Å². The van der Waals surface area contributed by atoms with Crippen LogP contribution in [0.1, 0.15) is 22.5 Å². The van der Waals surface area contributed by atoms with Gasteiger partial charge >= 0.3 is 0 Å². The number of benzene rings is 1. The first-order valence-electron chi connectivity index (χ1n) is 6.62. The Morgan fingerprint density at radius 3 is 3.05 bits per heavy atom. The Balaban J connectivity index is 1.94. The minimum Gasteiger partial charge on any atom is -0.348 e. The van der Waals surface area contributed by atoms with E-state index in [4.69, 9.17) is 0 Å². The molecule has 1 amide bonds. The molecule has 0 bridgehead atoms. The summed E-state index contributed by atoms with van der Waals surface area (Å²) in [5, 5.41) is 7.31. The predicted molar refractivity (Wildman–Crippen MR) is 75.2 cm³/mol. The van der Waals surface area contributed by atoms with Gasteiger partial charge in [-0.05, 0) is 32.0 Å². The molecule has 1 aromatic carbocycles. The van der Waals surface area contributed by atoms with Gasteiger partial charge in [0.05, 0.1) is 11.1 Å². The molecule has 1 saturated heterocycles. The monoisotopic (exact) mass is 255 g/mol. The average molecular weight is 255 g/mol. The Morgan fingerprint density at radius 2 is 2.26 bits per heavy atom. The van der Waals surface area contributed by atoms with Crippen LogP contribution in [0, 0.1) is 6.92 Å². The Bertz CT molecular complexity index is 618. The minimum absolute atomic E-state index is 0.0302. The first kappa shape index (κ1) is 12.1. The van der Waals surface area contributed by atoms with Gasteiger partial charge < -0.3 is 10.6 Å². The van der Waals surface area contributed by atoms with Crippen molar-refractivity contribution in [3.63, 3.8) is 0 Å². The SMILES string of the molecule is Cc1ccc2cccc(C(=O)NC3CCNC3)c2n1. The van der Waals surface area contributed by atoms with Crippen molar-refractivity contribution in [2.45, 2.75) is 19.4 Å².